The molecule has 0 aliphatic carbocycles. The number of hydrogen-bond acceptors (Lipinski definition) is 4. The monoisotopic (exact) mass is 476 g/mol. The van der Waals surface area contributed by atoms with E-state index in [1.807, 2.05) is 36.7 Å². The Balaban J connectivity index is 1.81. The van der Waals surface area contributed by atoms with E-state index in [0.717, 1.165) is 49.7 Å². The summed E-state index contributed by atoms with van der Waals surface area (Å²) < 4.78 is 13.6. The van der Waals surface area contributed by atoms with Gasteiger partial charge in [0.2, 0.25) is 0 Å². The van der Waals surface area contributed by atoms with Crippen LogP contribution in [0.5, 0.6) is 11.5 Å². The van der Waals surface area contributed by atoms with Gasteiger partial charge in [0.1, 0.15) is 0 Å². The maximum absolute atomic E-state index is 6.04. The van der Waals surface area contributed by atoms with Crippen molar-refractivity contribution < 1.29 is 23.0 Å². The zero-order chi connectivity index (χ0) is 18.2. The summed E-state index contributed by atoms with van der Waals surface area (Å²) in [6.45, 7) is 9.30. The Morgan fingerprint density at radius 3 is 2.68 bits per heavy atom. The summed E-state index contributed by atoms with van der Waals surface area (Å²) in [5.41, 5.74) is 0.926. The molecule has 1 fully saturated rings. The Morgan fingerprint density at radius 1 is 1.24 bits per heavy atom. The first-order valence-corrected chi connectivity index (χ1v) is 14.1. The van der Waals surface area contributed by atoms with E-state index >= 15 is 0 Å². The molecule has 0 amide bonds. The standard InChI is InChI=1S/C18H28N2O2.2ClH.Ru/c1-15(2)22-18-8-7-17(13-16(18)3)21-12-6-5-9-20-11-10-19(4)14-20;;;/h3,7-8,13,15H,5-6,9-12,14H2,1-2,4H3;2*1H;/q;;;+2/p-2. The van der Waals surface area contributed by atoms with Gasteiger partial charge in [0, 0.05) is 0 Å². The summed E-state index contributed by atoms with van der Waals surface area (Å²) in [5.74, 6) is 1.65. The molecule has 0 spiro atoms. The average molecular weight is 476 g/mol. The number of ether oxygens (including phenoxy) is 2. The van der Waals surface area contributed by atoms with Crippen LogP contribution in [-0.4, -0.2) is 60.5 Å². The van der Waals surface area contributed by atoms with E-state index in [4.69, 9.17) is 28.9 Å². The number of hydrogen-bond donors (Lipinski definition) is 0. The predicted octanol–water partition coefficient (Wildman–Crippen LogP) is 3.91. The molecule has 0 saturated carbocycles. The molecule has 4 nitrogen and oxygen atoms in total. The third-order valence-electron chi connectivity index (χ3n) is 3.91. The van der Waals surface area contributed by atoms with Crippen molar-refractivity contribution in [2.24, 2.45) is 0 Å². The van der Waals surface area contributed by atoms with Crippen LogP contribution in [-0.2, 0) is 13.5 Å². The van der Waals surface area contributed by atoms with E-state index in [-0.39, 0.29) is 6.10 Å². The van der Waals surface area contributed by atoms with E-state index in [0.29, 0.717) is 0 Å². The van der Waals surface area contributed by atoms with Crippen LogP contribution in [0.15, 0.2) is 18.2 Å². The number of rotatable bonds is 9. The summed E-state index contributed by atoms with van der Waals surface area (Å²) in [5, 5.41) is 0. The van der Waals surface area contributed by atoms with Crippen molar-refractivity contribution in [1.82, 2.24) is 9.80 Å². The van der Waals surface area contributed by atoms with E-state index in [9.17, 15) is 0 Å². The van der Waals surface area contributed by atoms with E-state index in [1.54, 1.807) is 0 Å². The van der Waals surface area contributed by atoms with Crippen LogP contribution >= 0.6 is 19.4 Å². The molecule has 2 rings (SSSR count). The normalized spacial score (nSPS) is 16.3. The topological polar surface area (TPSA) is 24.9 Å². The molecule has 25 heavy (non-hydrogen) atoms. The molecule has 0 unspecified atom stereocenters. The van der Waals surface area contributed by atoms with Crippen molar-refractivity contribution in [3.8, 4) is 11.5 Å². The first kappa shape index (κ1) is 21.1. The second-order valence-electron chi connectivity index (χ2n) is 6.57. The van der Waals surface area contributed by atoms with Crippen molar-refractivity contribution in [3.63, 3.8) is 0 Å². The number of nitrogens with zero attached hydrogens (tertiary/aromatic N) is 2. The van der Waals surface area contributed by atoms with Crippen LogP contribution in [0.1, 0.15) is 32.3 Å². The van der Waals surface area contributed by atoms with Gasteiger partial charge in [0.25, 0.3) is 0 Å². The molecule has 1 heterocycles. The van der Waals surface area contributed by atoms with Gasteiger partial charge in [-0.3, -0.25) is 0 Å². The SMILES string of the molecule is CC(C)Oc1ccc(OCCCCN2CCN(C)C2)cc1[CH]=[Ru]([Cl])[Cl]. The van der Waals surface area contributed by atoms with Gasteiger partial charge in [-0.2, -0.15) is 0 Å². The van der Waals surface area contributed by atoms with Gasteiger partial charge in [0.05, 0.1) is 0 Å². The quantitative estimate of drug-likeness (QED) is 0.399. The van der Waals surface area contributed by atoms with E-state index in [2.05, 4.69) is 16.8 Å². The molecule has 1 aliphatic rings. The molecule has 144 valence electrons. The Morgan fingerprint density at radius 2 is 2.04 bits per heavy atom. The fourth-order valence-corrected chi connectivity index (χ4v) is 4.53. The van der Waals surface area contributed by atoms with Crippen LogP contribution in [0.4, 0.5) is 0 Å². The Kier molecular flexibility index (Phi) is 9.16. The minimum absolute atomic E-state index is 0.106. The molecule has 0 aromatic heterocycles. The summed E-state index contributed by atoms with van der Waals surface area (Å²) in [6, 6.07) is 5.86. The van der Waals surface area contributed by atoms with Gasteiger partial charge in [-0.25, -0.2) is 0 Å². The van der Waals surface area contributed by atoms with Crippen LogP contribution < -0.4 is 9.47 Å². The first-order valence-electron chi connectivity index (χ1n) is 8.61. The van der Waals surface area contributed by atoms with E-state index in [1.165, 1.54) is 13.1 Å². The molecule has 0 atom stereocenters. The summed E-state index contributed by atoms with van der Waals surface area (Å²) in [7, 11) is 14.2. The second-order valence-corrected chi connectivity index (χ2v) is 12.3. The number of unbranched alkanes of at least 4 members (excludes halogenated alkanes) is 1. The van der Waals surface area contributed by atoms with Gasteiger partial charge >= 0.3 is 158 Å². The molecule has 1 saturated heterocycles. The van der Waals surface area contributed by atoms with Gasteiger partial charge in [0.15, 0.2) is 0 Å². The van der Waals surface area contributed by atoms with Crippen molar-refractivity contribution in [2.75, 3.05) is 40.0 Å². The average Bonchev–Trinajstić information content (AvgIpc) is 2.94. The minimum atomic E-state index is -1.91. The summed E-state index contributed by atoms with van der Waals surface area (Å²) >= 11 is -1.91. The van der Waals surface area contributed by atoms with Crippen molar-refractivity contribution in [3.05, 3.63) is 23.8 Å². The fourth-order valence-electron chi connectivity index (χ4n) is 2.75. The van der Waals surface area contributed by atoms with Crippen LogP contribution in [0.3, 0.4) is 0 Å². The third-order valence-corrected chi connectivity index (χ3v) is 5.74. The maximum atomic E-state index is 6.04. The van der Waals surface area contributed by atoms with Gasteiger partial charge < -0.3 is 0 Å². The molecule has 1 aromatic rings. The van der Waals surface area contributed by atoms with Gasteiger partial charge in [-0.15, -0.1) is 0 Å². The molecule has 7 heteroatoms. The van der Waals surface area contributed by atoms with Crippen LogP contribution in [0, 0.1) is 0 Å². The second kappa shape index (κ2) is 10.8. The Labute approximate surface area is 164 Å². The van der Waals surface area contributed by atoms with E-state index < -0.39 is 13.5 Å². The number of benzene rings is 1. The Hall–Kier alpha value is -0.187. The molecule has 0 bridgehead atoms. The van der Waals surface area contributed by atoms with Crippen LogP contribution in [0.25, 0.3) is 0 Å². The first-order chi connectivity index (χ1) is 11.9. The predicted molar refractivity (Wildman–Crippen MR) is 103 cm³/mol. The molecule has 0 N–H and O–H groups in total. The van der Waals surface area contributed by atoms with Gasteiger partial charge in [-0.05, 0) is 7.05 Å². The number of halogens is 2. The zero-order valence-electron chi connectivity index (χ0n) is 15.2. The Bertz CT molecular complexity index is 580. The van der Waals surface area contributed by atoms with Crippen molar-refractivity contribution >= 4 is 24.0 Å². The molecule has 1 aromatic carbocycles. The van der Waals surface area contributed by atoms with Crippen molar-refractivity contribution in [2.45, 2.75) is 32.8 Å². The molecular weight excluding hydrogens is 448 g/mol. The fraction of sp³-hybridized carbons (Fsp3) is 0.611. The molecule has 1 aliphatic heterocycles. The summed E-state index contributed by atoms with van der Waals surface area (Å²) in [6.07, 6.45) is 2.31. The van der Waals surface area contributed by atoms with Crippen LogP contribution in [0.2, 0.25) is 0 Å². The third kappa shape index (κ3) is 7.92. The van der Waals surface area contributed by atoms with Crippen molar-refractivity contribution in [1.29, 1.82) is 0 Å². The molecular formula is C18H28Cl2N2O2Ru. The molecule has 0 radical (unpaired) electrons. The number of likely N-dealkylation sites (N-methyl/N-ethyl adjacent to an activating group) is 1. The van der Waals surface area contributed by atoms with Gasteiger partial charge in [-0.1, -0.05) is 0 Å². The zero-order valence-corrected chi connectivity index (χ0v) is 18.4. The summed E-state index contributed by atoms with van der Waals surface area (Å²) in [4.78, 5) is 4.83.